The molecule has 0 aliphatic carbocycles. The molecule has 0 atom stereocenters. The van der Waals surface area contributed by atoms with Crippen LogP contribution in [0.3, 0.4) is 0 Å². The van der Waals surface area contributed by atoms with Gasteiger partial charge in [0.1, 0.15) is 23.0 Å². The minimum Gasteiger partial charge on any atom is -0.493 e. The minimum absolute atomic E-state index is 0.147. The number of aromatic nitrogens is 4. The molecule has 0 fully saturated rings. The SMILES string of the molecule is CSc1nc2nc(O)c(-c3c(F)cc(F)cc3F)c(O)n2n1. The van der Waals surface area contributed by atoms with Gasteiger partial charge in [-0.3, -0.25) is 0 Å². The third-order valence-corrected chi connectivity index (χ3v) is 3.40. The Morgan fingerprint density at radius 1 is 1.05 bits per heavy atom. The van der Waals surface area contributed by atoms with Crippen molar-refractivity contribution in [1.29, 1.82) is 0 Å². The Kier molecular flexibility index (Phi) is 3.32. The van der Waals surface area contributed by atoms with Crippen LogP contribution in [-0.2, 0) is 0 Å². The number of halogens is 3. The first-order chi connectivity index (χ1) is 10.4. The number of nitrogens with zero attached hydrogens (tertiary/aromatic N) is 4. The molecule has 3 aromatic rings. The molecule has 2 N–H and O–H groups in total. The van der Waals surface area contributed by atoms with Gasteiger partial charge in [-0.15, -0.1) is 5.10 Å². The van der Waals surface area contributed by atoms with Gasteiger partial charge in [0, 0.05) is 12.1 Å². The molecule has 10 heteroatoms. The Hall–Kier alpha value is -2.49. The molecule has 0 aliphatic heterocycles. The molecule has 0 saturated carbocycles. The van der Waals surface area contributed by atoms with E-state index in [1.807, 2.05) is 0 Å². The zero-order chi connectivity index (χ0) is 16.0. The van der Waals surface area contributed by atoms with Gasteiger partial charge in [0.25, 0.3) is 5.78 Å². The highest BCUT2D eigenvalue weighted by molar-refractivity contribution is 7.98. The highest BCUT2D eigenvalue weighted by Crippen LogP contribution is 2.39. The van der Waals surface area contributed by atoms with E-state index in [4.69, 9.17) is 0 Å². The van der Waals surface area contributed by atoms with Crippen molar-refractivity contribution < 1.29 is 23.4 Å². The van der Waals surface area contributed by atoms with Gasteiger partial charge in [-0.2, -0.15) is 14.5 Å². The van der Waals surface area contributed by atoms with Crippen molar-refractivity contribution in [2.45, 2.75) is 5.16 Å². The molecular formula is C12H7F3N4O2S. The number of benzene rings is 1. The van der Waals surface area contributed by atoms with E-state index in [0.717, 1.165) is 16.3 Å². The summed E-state index contributed by atoms with van der Waals surface area (Å²) in [4.78, 5) is 7.51. The van der Waals surface area contributed by atoms with Gasteiger partial charge in [0.15, 0.2) is 0 Å². The molecule has 6 nitrogen and oxygen atoms in total. The van der Waals surface area contributed by atoms with Crippen molar-refractivity contribution in [2.24, 2.45) is 0 Å². The molecule has 22 heavy (non-hydrogen) atoms. The Bertz CT molecular complexity index is 877. The second-order valence-corrected chi connectivity index (χ2v) is 4.96. The summed E-state index contributed by atoms with van der Waals surface area (Å²) in [6, 6.07) is 0.853. The van der Waals surface area contributed by atoms with Crippen molar-refractivity contribution in [3.05, 3.63) is 29.6 Å². The average Bonchev–Trinajstić information content (AvgIpc) is 2.84. The van der Waals surface area contributed by atoms with Crippen LogP contribution in [-0.4, -0.2) is 36.1 Å². The molecule has 0 spiro atoms. The Morgan fingerprint density at radius 3 is 2.27 bits per heavy atom. The largest absolute Gasteiger partial charge is 0.493 e. The van der Waals surface area contributed by atoms with E-state index in [9.17, 15) is 23.4 Å². The minimum atomic E-state index is -1.30. The zero-order valence-electron chi connectivity index (χ0n) is 10.9. The third-order valence-electron chi connectivity index (χ3n) is 2.86. The van der Waals surface area contributed by atoms with Gasteiger partial charge in [-0.1, -0.05) is 11.8 Å². The zero-order valence-corrected chi connectivity index (χ0v) is 11.7. The molecule has 0 bridgehead atoms. The van der Waals surface area contributed by atoms with E-state index in [1.165, 1.54) is 0 Å². The van der Waals surface area contributed by atoms with Crippen LogP contribution in [0.2, 0.25) is 0 Å². The second kappa shape index (κ2) is 5.05. The van der Waals surface area contributed by atoms with Crippen LogP contribution in [0.25, 0.3) is 16.9 Å². The average molecular weight is 328 g/mol. The summed E-state index contributed by atoms with van der Waals surface area (Å²) in [5.74, 6) is -5.48. The molecule has 3 rings (SSSR count). The fraction of sp³-hybridized carbons (Fsp3) is 0.0833. The van der Waals surface area contributed by atoms with Crippen LogP contribution < -0.4 is 0 Å². The van der Waals surface area contributed by atoms with Crippen molar-refractivity contribution >= 4 is 17.5 Å². The smallest absolute Gasteiger partial charge is 0.259 e. The number of hydrogen-bond acceptors (Lipinski definition) is 6. The summed E-state index contributed by atoms with van der Waals surface area (Å²) in [5.41, 5.74) is -1.45. The highest BCUT2D eigenvalue weighted by Gasteiger charge is 2.25. The van der Waals surface area contributed by atoms with Gasteiger partial charge >= 0.3 is 0 Å². The topological polar surface area (TPSA) is 83.5 Å². The quantitative estimate of drug-likeness (QED) is 0.703. The van der Waals surface area contributed by atoms with Gasteiger partial charge in [-0.05, 0) is 6.26 Å². The number of hydrogen-bond donors (Lipinski definition) is 2. The van der Waals surface area contributed by atoms with E-state index in [2.05, 4.69) is 15.1 Å². The Labute approximate surface area is 125 Å². The lowest BCUT2D eigenvalue weighted by Gasteiger charge is -2.09. The summed E-state index contributed by atoms with van der Waals surface area (Å²) < 4.78 is 41.5. The second-order valence-electron chi connectivity index (χ2n) is 4.19. The van der Waals surface area contributed by atoms with Gasteiger partial charge in [0.05, 0.1) is 5.56 Å². The standard InChI is InChI=1S/C12H7F3N4O2S/c1-22-12-17-11-16-9(20)8(10(21)19(11)18-12)7-5(14)2-4(13)3-6(7)15/h2-3,21H,1H3,(H,16,17,18,20). The molecule has 0 radical (unpaired) electrons. The van der Waals surface area contributed by atoms with Crippen LogP contribution >= 0.6 is 11.8 Å². The van der Waals surface area contributed by atoms with Crippen LogP contribution in [0.15, 0.2) is 17.3 Å². The molecule has 2 aromatic heterocycles. The van der Waals surface area contributed by atoms with E-state index >= 15 is 0 Å². The molecule has 0 unspecified atom stereocenters. The fourth-order valence-corrected chi connectivity index (χ4v) is 2.28. The van der Waals surface area contributed by atoms with Crippen LogP contribution in [0, 0.1) is 17.5 Å². The van der Waals surface area contributed by atoms with E-state index in [0.29, 0.717) is 12.1 Å². The molecule has 0 amide bonds. The van der Waals surface area contributed by atoms with Gasteiger partial charge in [-0.25, -0.2) is 13.2 Å². The molecule has 0 aliphatic rings. The first-order valence-corrected chi connectivity index (χ1v) is 7.02. The normalized spacial score (nSPS) is 11.3. The maximum atomic E-state index is 13.8. The van der Waals surface area contributed by atoms with E-state index in [1.54, 1.807) is 6.26 Å². The van der Waals surface area contributed by atoms with Crippen LogP contribution in [0.4, 0.5) is 13.2 Å². The predicted molar refractivity (Wildman–Crippen MR) is 71.2 cm³/mol. The van der Waals surface area contributed by atoms with Gasteiger partial charge in [0.2, 0.25) is 16.9 Å². The van der Waals surface area contributed by atoms with Crippen LogP contribution in [0.5, 0.6) is 11.8 Å². The lowest BCUT2D eigenvalue weighted by atomic mass is 10.1. The summed E-state index contributed by atoms with van der Waals surface area (Å²) in [6.45, 7) is 0. The maximum Gasteiger partial charge on any atom is 0.259 e. The summed E-state index contributed by atoms with van der Waals surface area (Å²) in [6.07, 6.45) is 1.67. The molecule has 114 valence electrons. The number of fused-ring (bicyclic) bond motifs is 1. The Balaban J connectivity index is 2.36. The van der Waals surface area contributed by atoms with E-state index in [-0.39, 0.29) is 10.9 Å². The molecule has 1 aromatic carbocycles. The van der Waals surface area contributed by atoms with E-state index < -0.39 is 40.3 Å². The molecular weight excluding hydrogens is 321 g/mol. The third kappa shape index (κ3) is 2.11. The molecule has 0 saturated heterocycles. The highest BCUT2D eigenvalue weighted by atomic mass is 32.2. The number of thioether (sulfide) groups is 1. The van der Waals surface area contributed by atoms with Crippen LogP contribution in [0.1, 0.15) is 0 Å². The summed E-state index contributed by atoms with van der Waals surface area (Å²) in [5, 5.41) is 24.1. The number of aromatic hydroxyl groups is 2. The summed E-state index contributed by atoms with van der Waals surface area (Å²) >= 11 is 1.15. The maximum absolute atomic E-state index is 13.8. The fourth-order valence-electron chi connectivity index (χ4n) is 1.95. The number of rotatable bonds is 2. The van der Waals surface area contributed by atoms with Gasteiger partial charge < -0.3 is 10.2 Å². The first kappa shape index (κ1) is 14.4. The first-order valence-electron chi connectivity index (χ1n) is 5.80. The van der Waals surface area contributed by atoms with Crippen molar-refractivity contribution in [1.82, 2.24) is 19.6 Å². The lowest BCUT2D eigenvalue weighted by Crippen LogP contribution is -1.99. The lowest BCUT2D eigenvalue weighted by molar-refractivity contribution is 0.413. The van der Waals surface area contributed by atoms with Crippen molar-refractivity contribution in [2.75, 3.05) is 6.26 Å². The molecule has 2 heterocycles. The Morgan fingerprint density at radius 2 is 1.68 bits per heavy atom. The van der Waals surface area contributed by atoms with Crippen molar-refractivity contribution in [3.63, 3.8) is 0 Å². The summed E-state index contributed by atoms with van der Waals surface area (Å²) in [7, 11) is 0. The predicted octanol–water partition coefficient (Wildman–Crippen LogP) is 2.34. The monoisotopic (exact) mass is 328 g/mol. The van der Waals surface area contributed by atoms with Crippen molar-refractivity contribution in [3.8, 4) is 22.9 Å².